The molecule has 2 atom stereocenters. The van der Waals surface area contributed by atoms with Crippen LogP contribution in [0, 0.1) is 0 Å². The second kappa shape index (κ2) is 6.94. The Morgan fingerprint density at radius 1 is 1.36 bits per heavy atom. The summed E-state index contributed by atoms with van der Waals surface area (Å²) in [4.78, 5) is 0. The van der Waals surface area contributed by atoms with Crippen LogP contribution >= 0.6 is 0 Å². The standard InChI is InChI=1S/C17H25N3O2/c1-13(9-14-5-7-16(22-4)8-6-14)18-12-17(2,21)15-10-19-20(3)11-15/h5-8,10-11,13,18,21H,9,12H2,1-4H3. The predicted molar refractivity (Wildman–Crippen MR) is 86.9 cm³/mol. The van der Waals surface area contributed by atoms with E-state index in [1.807, 2.05) is 25.4 Å². The molecule has 0 aliphatic rings. The van der Waals surface area contributed by atoms with Crippen LogP contribution in [-0.4, -0.2) is 34.6 Å². The lowest BCUT2D eigenvalue weighted by atomic mass is 9.98. The molecule has 1 heterocycles. The van der Waals surface area contributed by atoms with Crippen LogP contribution in [0.4, 0.5) is 0 Å². The maximum absolute atomic E-state index is 10.6. The smallest absolute Gasteiger partial charge is 0.118 e. The van der Waals surface area contributed by atoms with Crippen molar-refractivity contribution < 1.29 is 9.84 Å². The second-order valence-corrected chi connectivity index (χ2v) is 6.01. The zero-order chi connectivity index (χ0) is 16.2. The number of aromatic nitrogens is 2. The second-order valence-electron chi connectivity index (χ2n) is 6.01. The van der Waals surface area contributed by atoms with Crippen molar-refractivity contribution in [1.82, 2.24) is 15.1 Å². The van der Waals surface area contributed by atoms with Crippen molar-refractivity contribution in [2.24, 2.45) is 7.05 Å². The highest BCUT2D eigenvalue weighted by Crippen LogP contribution is 2.19. The molecule has 0 saturated carbocycles. The van der Waals surface area contributed by atoms with E-state index >= 15 is 0 Å². The fourth-order valence-corrected chi connectivity index (χ4v) is 2.36. The number of nitrogens with one attached hydrogen (secondary N) is 1. The fourth-order valence-electron chi connectivity index (χ4n) is 2.36. The summed E-state index contributed by atoms with van der Waals surface area (Å²) in [7, 11) is 3.51. The Morgan fingerprint density at radius 2 is 2.05 bits per heavy atom. The molecule has 0 saturated heterocycles. The van der Waals surface area contributed by atoms with Gasteiger partial charge in [-0.15, -0.1) is 0 Å². The summed E-state index contributed by atoms with van der Waals surface area (Å²) in [5.41, 5.74) is 1.13. The van der Waals surface area contributed by atoms with Crippen molar-refractivity contribution in [2.45, 2.75) is 31.9 Å². The molecule has 0 fully saturated rings. The van der Waals surface area contributed by atoms with E-state index in [0.29, 0.717) is 6.54 Å². The SMILES string of the molecule is COc1ccc(CC(C)NCC(C)(O)c2cnn(C)c2)cc1. The van der Waals surface area contributed by atoms with Crippen LogP contribution in [0.1, 0.15) is 25.0 Å². The topological polar surface area (TPSA) is 59.3 Å². The first-order valence-corrected chi connectivity index (χ1v) is 7.48. The van der Waals surface area contributed by atoms with Crippen molar-refractivity contribution in [3.8, 4) is 5.75 Å². The molecule has 120 valence electrons. The number of aryl methyl sites for hydroxylation is 1. The van der Waals surface area contributed by atoms with Crippen LogP contribution in [-0.2, 0) is 19.1 Å². The zero-order valence-corrected chi connectivity index (χ0v) is 13.7. The lowest BCUT2D eigenvalue weighted by molar-refractivity contribution is 0.0543. The Hall–Kier alpha value is -1.85. The van der Waals surface area contributed by atoms with E-state index in [-0.39, 0.29) is 6.04 Å². The maximum atomic E-state index is 10.6. The van der Waals surface area contributed by atoms with E-state index in [1.54, 1.807) is 24.9 Å². The quantitative estimate of drug-likeness (QED) is 0.819. The molecule has 0 bridgehead atoms. The highest BCUT2D eigenvalue weighted by atomic mass is 16.5. The number of ether oxygens (including phenoxy) is 1. The van der Waals surface area contributed by atoms with Gasteiger partial charge in [-0.25, -0.2) is 0 Å². The molecule has 1 aromatic carbocycles. The first-order chi connectivity index (χ1) is 10.4. The molecule has 0 spiro atoms. The van der Waals surface area contributed by atoms with Gasteiger partial charge in [0.15, 0.2) is 0 Å². The molecule has 5 nitrogen and oxygen atoms in total. The molecular formula is C17H25N3O2. The number of aliphatic hydroxyl groups is 1. The van der Waals surface area contributed by atoms with E-state index in [9.17, 15) is 5.11 Å². The van der Waals surface area contributed by atoms with Crippen LogP contribution < -0.4 is 10.1 Å². The minimum absolute atomic E-state index is 0.261. The molecule has 0 radical (unpaired) electrons. The number of benzene rings is 1. The van der Waals surface area contributed by atoms with E-state index in [0.717, 1.165) is 17.7 Å². The van der Waals surface area contributed by atoms with Crippen molar-refractivity contribution in [1.29, 1.82) is 0 Å². The summed E-state index contributed by atoms with van der Waals surface area (Å²) in [6.07, 6.45) is 4.44. The summed E-state index contributed by atoms with van der Waals surface area (Å²) in [5, 5.41) is 18.1. The summed E-state index contributed by atoms with van der Waals surface area (Å²) in [6.45, 7) is 4.40. The van der Waals surface area contributed by atoms with E-state index in [1.165, 1.54) is 5.56 Å². The molecular weight excluding hydrogens is 278 g/mol. The van der Waals surface area contributed by atoms with Gasteiger partial charge < -0.3 is 15.2 Å². The molecule has 0 aliphatic heterocycles. The molecule has 2 N–H and O–H groups in total. The molecule has 0 amide bonds. The number of nitrogens with zero attached hydrogens (tertiary/aromatic N) is 2. The maximum Gasteiger partial charge on any atom is 0.118 e. The molecule has 22 heavy (non-hydrogen) atoms. The third kappa shape index (κ3) is 4.32. The predicted octanol–water partition coefficient (Wildman–Crippen LogP) is 1.86. The third-order valence-electron chi connectivity index (χ3n) is 3.82. The van der Waals surface area contributed by atoms with Gasteiger partial charge in [-0.2, -0.15) is 5.10 Å². The van der Waals surface area contributed by atoms with E-state index < -0.39 is 5.60 Å². The average molecular weight is 303 g/mol. The lowest BCUT2D eigenvalue weighted by Crippen LogP contribution is -2.40. The number of hydrogen-bond donors (Lipinski definition) is 2. The minimum atomic E-state index is -0.928. The largest absolute Gasteiger partial charge is 0.497 e. The average Bonchev–Trinajstić information content (AvgIpc) is 2.94. The number of hydrogen-bond acceptors (Lipinski definition) is 4. The van der Waals surface area contributed by atoms with Crippen molar-refractivity contribution in [3.05, 3.63) is 47.8 Å². The zero-order valence-electron chi connectivity index (χ0n) is 13.7. The van der Waals surface area contributed by atoms with Gasteiger partial charge in [0.05, 0.1) is 13.3 Å². The van der Waals surface area contributed by atoms with Crippen LogP contribution in [0.15, 0.2) is 36.7 Å². The minimum Gasteiger partial charge on any atom is -0.497 e. The monoisotopic (exact) mass is 303 g/mol. The summed E-state index contributed by atoms with van der Waals surface area (Å²) < 4.78 is 6.86. The van der Waals surface area contributed by atoms with Gasteiger partial charge in [0, 0.05) is 31.4 Å². The molecule has 2 unspecified atom stereocenters. The molecule has 2 aromatic rings. The summed E-state index contributed by atoms with van der Waals surface area (Å²) in [6, 6.07) is 8.32. The molecule has 5 heteroatoms. The lowest BCUT2D eigenvalue weighted by Gasteiger charge is -2.25. The highest BCUT2D eigenvalue weighted by molar-refractivity contribution is 5.27. The van der Waals surface area contributed by atoms with Gasteiger partial charge in [0.25, 0.3) is 0 Å². The molecule has 1 aromatic heterocycles. The fraction of sp³-hybridized carbons (Fsp3) is 0.471. The van der Waals surface area contributed by atoms with Crippen molar-refractivity contribution in [2.75, 3.05) is 13.7 Å². The van der Waals surface area contributed by atoms with Crippen LogP contribution in [0.3, 0.4) is 0 Å². The third-order valence-corrected chi connectivity index (χ3v) is 3.82. The molecule has 0 aliphatic carbocycles. The summed E-state index contributed by atoms with van der Waals surface area (Å²) in [5.74, 6) is 0.865. The Kier molecular flexibility index (Phi) is 5.21. The highest BCUT2D eigenvalue weighted by Gasteiger charge is 2.25. The van der Waals surface area contributed by atoms with Gasteiger partial charge in [0.2, 0.25) is 0 Å². The van der Waals surface area contributed by atoms with Crippen LogP contribution in [0.25, 0.3) is 0 Å². The number of rotatable bonds is 7. The first-order valence-electron chi connectivity index (χ1n) is 7.48. The van der Waals surface area contributed by atoms with Gasteiger partial charge >= 0.3 is 0 Å². The Bertz CT molecular complexity index is 590. The van der Waals surface area contributed by atoms with Crippen LogP contribution in [0.2, 0.25) is 0 Å². The van der Waals surface area contributed by atoms with E-state index in [4.69, 9.17) is 4.74 Å². The van der Waals surface area contributed by atoms with Gasteiger partial charge in [0.1, 0.15) is 11.4 Å². The molecule has 2 rings (SSSR count). The summed E-state index contributed by atoms with van der Waals surface area (Å²) >= 11 is 0. The van der Waals surface area contributed by atoms with Crippen LogP contribution in [0.5, 0.6) is 5.75 Å². The number of methoxy groups -OCH3 is 1. The van der Waals surface area contributed by atoms with Gasteiger partial charge in [-0.1, -0.05) is 12.1 Å². The normalized spacial score (nSPS) is 15.3. The Morgan fingerprint density at radius 3 is 2.59 bits per heavy atom. The Labute approximate surface area is 131 Å². The first kappa shape index (κ1) is 16.5. The Balaban J connectivity index is 1.87. The van der Waals surface area contributed by atoms with E-state index in [2.05, 4.69) is 29.5 Å². The van der Waals surface area contributed by atoms with Crippen molar-refractivity contribution in [3.63, 3.8) is 0 Å². The van der Waals surface area contributed by atoms with Crippen molar-refractivity contribution >= 4 is 0 Å². The van der Waals surface area contributed by atoms with Gasteiger partial charge in [-0.05, 0) is 38.0 Å². The van der Waals surface area contributed by atoms with Gasteiger partial charge in [-0.3, -0.25) is 4.68 Å².